The van der Waals surface area contributed by atoms with Crippen LogP contribution in [0.5, 0.6) is 0 Å². The molecule has 0 radical (unpaired) electrons. The van der Waals surface area contributed by atoms with Crippen molar-refractivity contribution >= 4 is 17.6 Å². The van der Waals surface area contributed by atoms with E-state index in [4.69, 9.17) is 0 Å². The number of aryl methyl sites for hydroxylation is 1. The highest BCUT2D eigenvalue weighted by molar-refractivity contribution is 7.98. The Bertz CT molecular complexity index is 523. The number of nitrogens with zero attached hydrogens (tertiary/aromatic N) is 2. The third-order valence-electron chi connectivity index (χ3n) is 2.56. The summed E-state index contributed by atoms with van der Waals surface area (Å²) in [5.74, 6) is 1.66. The highest BCUT2D eigenvalue weighted by atomic mass is 32.2. The molecule has 0 aliphatic heterocycles. The van der Waals surface area contributed by atoms with E-state index < -0.39 is 0 Å². The lowest BCUT2D eigenvalue weighted by Crippen LogP contribution is -2.02. The topological polar surface area (TPSA) is 37.8 Å². The molecule has 4 heteroatoms. The van der Waals surface area contributed by atoms with E-state index in [1.165, 1.54) is 4.90 Å². The summed E-state index contributed by atoms with van der Waals surface area (Å²) in [5.41, 5.74) is 2.03. The summed E-state index contributed by atoms with van der Waals surface area (Å²) in [7, 11) is 0. The molecule has 94 valence electrons. The van der Waals surface area contributed by atoms with E-state index in [-0.39, 0.29) is 0 Å². The van der Waals surface area contributed by atoms with E-state index in [1.807, 2.05) is 13.0 Å². The average molecular weight is 259 g/mol. The molecule has 0 bridgehead atoms. The van der Waals surface area contributed by atoms with Gasteiger partial charge in [-0.25, -0.2) is 9.97 Å². The summed E-state index contributed by atoms with van der Waals surface area (Å²) in [5, 5.41) is 3.23. The molecule has 0 spiro atoms. The van der Waals surface area contributed by atoms with Crippen LogP contribution in [0, 0.1) is 6.92 Å². The molecule has 2 rings (SSSR count). The maximum Gasteiger partial charge on any atom is 0.161 e. The molecular weight excluding hydrogens is 242 g/mol. The SMILES string of the molecule is CCNc1cc(C)nc(-c2ccc(SC)cc2)n1. The lowest BCUT2D eigenvalue weighted by atomic mass is 10.2. The van der Waals surface area contributed by atoms with E-state index in [0.29, 0.717) is 0 Å². The Morgan fingerprint density at radius 1 is 1.17 bits per heavy atom. The van der Waals surface area contributed by atoms with Gasteiger partial charge >= 0.3 is 0 Å². The smallest absolute Gasteiger partial charge is 0.161 e. The molecule has 0 aliphatic carbocycles. The zero-order valence-electron chi connectivity index (χ0n) is 10.9. The van der Waals surface area contributed by atoms with Gasteiger partial charge in [0, 0.05) is 28.8 Å². The van der Waals surface area contributed by atoms with Crippen molar-refractivity contribution in [2.24, 2.45) is 0 Å². The van der Waals surface area contributed by atoms with Crippen molar-refractivity contribution in [2.75, 3.05) is 18.1 Å². The Morgan fingerprint density at radius 3 is 2.50 bits per heavy atom. The molecule has 3 nitrogen and oxygen atoms in total. The van der Waals surface area contributed by atoms with Crippen molar-refractivity contribution in [3.05, 3.63) is 36.0 Å². The molecule has 2 aromatic rings. The van der Waals surface area contributed by atoms with Crippen molar-refractivity contribution in [2.45, 2.75) is 18.7 Å². The molecule has 0 aliphatic rings. The maximum absolute atomic E-state index is 4.52. The first-order valence-electron chi connectivity index (χ1n) is 5.97. The first kappa shape index (κ1) is 12.9. The van der Waals surface area contributed by atoms with Gasteiger partial charge in [0.05, 0.1) is 0 Å². The number of benzene rings is 1. The van der Waals surface area contributed by atoms with E-state index in [1.54, 1.807) is 11.8 Å². The third kappa shape index (κ3) is 3.01. The van der Waals surface area contributed by atoms with Crippen molar-refractivity contribution < 1.29 is 0 Å². The van der Waals surface area contributed by atoms with Crippen LogP contribution in [0.25, 0.3) is 11.4 Å². The summed E-state index contributed by atoms with van der Waals surface area (Å²) < 4.78 is 0. The van der Waals surface area contributed by atoms with Gasteiger partial charge in [0.25, 0.3) is 0 Å². The van der Waals surface area contributed by atoms with E-state index in [2.05, 4.69) is 52.7 Å². The second-order valence-corrected chi connectivity index (χ2v) is 4.86. The van der Waals surface area contributed by atoms with Crippen LogP contribution in [0.4, 0.5) is 5.82 Å². The fraction of sp³-hybridized carbons (Fsp3) is 0.286. The second-order valence-electron chi connectivity index (χ2n) is 3.98. The van der Waals surface area contributed by atoms with Crippen LogP contribution >= 0.6 is 11.8 Å². The summed E-state index contributed by atoms with van der Waals surface area (Å²) in [6.07, 6.45) is 2.07. The highest BCUT2D eigenvalue weighted by Crippen LogP contribution is 2.21. The van der Waals surface area contributed by atoms with Gasteiger partial charge in [0.15, 0.2) is 5.82 Å². The van der Waals surface area contributed by atoms with Crippen LogP contribution in [0.15, 0.2) is 35.2 Å². The summed E-state index contributed by atoms with van der Waals surface area (Å²) in [4.78, 5) is 10.3. The molecular formula is C14H17N3S. The van der Waals surface area contributed by atoms with Crippen LogP contribution in [0.3, 0.4) is 0 Å². The van der Waals surface area contributed by atoms with Crippen LogP contribution in [-0.2, 0) is 0 Å². The van der Waals surface area contributed by atoms with Gasteiger partial charge in [0.2, 0.25) is 0 Å². The van der Waals surface area contributed by atoms with Crippen molar-refractivity contribution in [3.8, 4) is 11.4 Å². The molecule has 0 amide bonds. The zero-order valence-corrected chi connectivity index (χ0v) is 11.7. The third-order valence-corrected chi connectivity index (χ3v) is 3.30. The molecule has 1 N–H and O–H groups in total. The average Bonchev–Trinajstić information content (AvgIpc) is 2.38. The number of nitrogens with one attached hydrogen (secondary N) is 1. The van der Waals surface area contributed by atoms with E-state index >= 15 is 0 Å². The maximum atomic E-state index is 4.52. The van der Waals surface area contributed by atoms with Gasteiger partial charge in [-0.3, -0.25) is 0 Å². The summed E-state index contributed by atoms with van der Waals surface area (Å²) in [6, 6.07) is 10.3. The number of aromatic nitrogens is 2. The summed E-state index contributed by atoms with van der Waals surface area (Å²) in [6.45, 7) is 4.91. The number of rotatable bonds is 4. The van der Waals surface area contributed by atoms with E-state index in [9.17, 15) is 0 Å². The van der Waals surface area contributed by atoms with Crippen LogP contribution in [0.2, 0.25) is 0 Å². The fourth-order valence-corrected chi connectivity index (χ4v) is 2.12. The number of thioether (sulfide) groups is 1. The van der Waals surface area contributed by atoms with Gasteiger partial charge in [0.1, 0.15) is 5.82 Å². The fourth-order valence-electron chi connectivity index (χ4n) is 1.71. The number of hydrogen-bond donors (Lipinski definition) is 1. The molecule has 0 atom stereocenters. The Hall–Kier alpha value is -1.55. The van der Waals surface area contributed by atoms with Crippen LogP contribution in [0.1, 0.15) is 12.6 Å². The van der Waals surface area contributed by atoms with Gasteiger partial charge in [-0.05, 0) is 32.2 Å². The van der Waals surface area contributed by atoms with Gasteiger partial charge in [-0.2, -0.15) is 0 Å². The van der Waals surface area contributed by atoms with Gasteiger partial charge in [-0.15, -0.1) is 11.8 Å². The zero-order chi connectivity index (χ0) is 13.0. The van der Waals surface area contributed by atoms with Crippen molar-refractivity contribution in [1.82, 2.24) is 9.97 Å². The molecule has 0 saturated heterocycles. The predicted octanol–water partition coefficient (Wildman–Crippen LogP) is 3.61. The highest BCUT2D eigenvalue weighted by Gasteiger charge is 2.04. The first-order valence-corrected chi connectivity index (χ1v) is 7.19. The standard InChI is InChI=1S/C14H17N3S/c1-4-15-13-9-10(2)16-14(17-13)11-5-7-12(18-3)8-6-11/h5-9H,4H2,1-3H3,(H,15,16,17). The summed E-state index contributed by atoms with van der Waals surface area (Å²) >= 11 is 1.73. The van der Waals surface area contributed by atoms with Gasteiger partial charge < -0.3 is 5.32 Å². The Balaban J connectivity index is 2.36. The minimum atomic E-state index is 0.776. The lowest BCUT2D eigenvalue weighted by molar-refractivity contribution is 1.08. The number of anilines is 1. The Kier molecular flexibility index (Phi) is 4.20. The molecule has 1 aromatic heterocycles. The largest absolute Gasteiger partial charge is 0.370 e. The second kappa shape index (κ2) is 5.87. The normalized spacial score (nSPS) is 10.4. The van der Waals surface area contributed by atoms with Crippen molar-refractivity contribution in [1.29, 1.82) is 0 Å². The monoisotopic (exact) mass is 259 g/mol. The van der Waals surface area contributed by atoms with Crippen LogP contribution in [-0.4, -0.2) is 22.8 Å². The molecule has 18 heavy (non-hydrogen) atoms. The minimum Gasteiger partial charge on any atom is -0.370 e. The van der Waals surface area contributed by atoms with Crippen LogP contribution < -0.4 is 5.32 Å². The molecule has 0 unspecified atom stereocenters. The predicted molar refractivity (Wildman–Crippen MR) is 78.1 cm³/mol. The molecule has 0 saturated carbocycles. The van der Waals surface area contributed by atoms with E-state index in [0.717, 1.165) is 29.4 Å². The molecule has 1 heterocycles. The quantitative estimate of drug-likeness (QED) is 0.851. The Morgan fingerprint density at radius 2 is 1.89 bits per heavy atom. The Labute approximate surface area is 112 Å². The van der Waals surface area contributed by atoms with Gasteiger partial charge in [-0.1, -0.05) is 12.1 Å². The number of hydrogen-bond acceptors (Lipinski definition) is 4. The molecule has 0 fully saturated rings. The van der Waals surface area contributed by atoms with Crippen molar-refractivity contribution in [3.63, 3.8) is 0 Å². The lowest BCUT2D eigenvalue weighted by Gasteiger charge is -2.07. The molecule has 1 aromatic carbocycles. The minimum absolute atomic E-state index is 0.776. The first-order chi connectivity index (χ1) is 8.72.